The largest absolute Gasteiger partial charge is 0.496 e. The lowest BCUT2D eigenvalue weighted by atomic mass is 9.83. The van der Waals surface area contributed by atoms with Crippen LogP contribution in [-0.2, 0) is 16.1 Å². The van der Waals surface area contributed by atoms with E-state index in [1.54, 1.807) is 21.3 Å². The molecule has 2 aliphatic rings. The van der Waals surface area contributed by atoms with Gasteiger partial charge < -0.3 is 19.1 Å². The molecule has 2 atom stereocenters. The Morgan fingerprint density at radius 1 is 1.15 bits per heavy atom. The number of carbonyl (C=O) groups excluding carboxylic acids is 1. The minimum Gasteiger partial charge on any atom is -0.496 e. The molecule has 2 aliphatic heterocycles. The first-order chi connectivity index (χ1) is 13.1. The number of hydrogen-bond donors (Lipinski definition) is 0. The summed E-state index contributed by atoms with van der Waals surface area (Å²) < 4.78 is 16.3. The van der Waals surface area contributed by atoms with Crippen LogP contribution in [0.15, 0.2) is 12.1 Å². The summed E-state index contributed by atoms with van der Waals surface area (Å²) in [5.74, 6) is 2.60. The zero-order chi connectivity index (χ0) is 19.4. The second kappa shape index (κ2) is 8.93. The van der Waals surface area contributed by atoms with E-state index in [0.29, 0.717) is 31.5 Å². The SMILES string of the molecule is COCCN1C(=O)CC[C@H]2CN(Cc3ccc(OC)c(C)c3OC)CC[C@H]21. The van der Waals surface area contributed by atoms with Gasteiger partial charge in [0.15, 0.2) is 0 Å². The summed E-state index contributed by atoms with van der Waals surface area (Å²) in [6.07, 6.45) is 2.67. The minimum absolute atomic E-state index is 0.286. The molecule has 0 N–H and O–H groups in total. The van der Waals surface area contributed by atoms with Gasteiger partial charge in [0.05, 0.1) is 20.8 Å². The Bertz CT molecular complexity index is 664. The van der Waals surface area contributed by atoms with Gasteiger partial charge in [-0.05, 0) is 31.7 Å². The van der Waals surface area contributed by atoms with Crippen molar-refractivity contribution in [2.45, 2.75) is 38.8 Å². The first-order valence-electron chi connectivity index (χ1n) is 9.80. The predicted molar refractivity (Wildman–Crippen MR) is 104 cm³/mol. The lowest BCUT2D eigenvalue weighted by Crippen LogP contribution is -2.56. The number of ether oxygens (including phenoxy) is 3. The highest BCUT2D eigenvalue weighted by molar-refractivity contribution is 5.77. The first-order valence-corrected chi connectivity index (χ1v) is 9.80. The molecule has 27 heavy (non-hydrogen) atoms. The van der Waals surface area contributed by atoms with Gasteiger partial charge in [-0.1, -0.05) is 6.07 Å². The molecule has 2 fully saturated rings. The van der Waals surface area contributed by atoms with Crippen molar-refractivity contribution in [2.24, 2.45) is 5.92 Å². The Morgan fingerprint density at radius 2 is 1.96 bits per heavy atom. The summed E-state index contributed by atoms with van der Waals surface area (Å²) in [6, 6.07) is 4.48. The van der Waals surface area contributed by atoms with E-state index in [2.05, 4.69) is 15.9 Å². The predicted octanol–water partition coefficient (Wildman–Crippen LogP) is 2.47. The Hall–Kier alpha value is -1.79. The topological polar surface area (TPSA) is 51.2 Å². The molecule has 6 heteroatoms. The highest BCUT2D eigenvalue weighted by Crippen LogP contribution is 2.35. The van der Waals surface area contributed by atoms with Gasteiger partial charge in [-0.2, -0.15) is 0 Å². The molecule has 0 spiro atoms. The average molecular weight is 376 g/mol. The standard InChI is InChI=1S/C21H32N2O4/c1-15-19(26-3)7-5-17(21(15)27-4)14-22-10-9-18-16(13-22)6-8-20(24)23(18)11-12-25-2/h5,7,16,18H,6,8-14H2,1-4H3/t16-,18+/m0/s1. The number of methoxy groups -OCH3 is 3. The third-order valence-electron chi connectivity index (χ3n) is 6.02. The number of nitrogens with zero attached hydrogens (tertiary/aromatic N) is 2. The molecule has 0 unspecified atom stereocenters. The molecule has 1 amide bonds. The number of likely N-dealkylation sites (tertiary alicyclic amines) is 2. The van der Waals surface area contributed by atoms with Crippen LogP contribution in [0.4, 0.5) is 0 Å². The highest BCUT2D eigenvalue weighted by Gasteiger charge is 2.39. The molecular formula is C21H32N2O4. The average Bonchev–Trinajstić information content (AvgIpc) is 2.68. The minimum atomic E-state index is 0.286. The van der Waals surface area contributed by atoms with E-state index in [1.807, 2.05) is 13.0 Å². The molecule has 6 nitrogen and oxygen atoms in total. The summed E-state index contributed by atoms with van der Waals surface area (Å²) in [5, 5.41) is 0. The Labute approximate surface area is 162 Å². The molecule has 1 aromatic carbocycles. The molecule has 0 saturated carbocycles. The fourth-order valence-corrected chi connectivity index (χ4v) is 4.65. The Kier molecular flexibility index (Phi) is 6.60. The van der Waals surface area contributed by atoms with E-state index < -0.39 is 0 Å². The van der Waals surface area contributed by atoms with Gasteiger partial charge in [-0.3, -0.25) is 9.69 Å². The van der Waals surface area contributed by atoms with Gasteiger partial charge >= 0.3 is 0 Å². The van der Waals surface area contributed by atoms with Crippen molar-refractivity contribution in [3.8, 4) is 11.5 Å². The maximum Gasteiger partial charge on any atom is 0.222 e. The monoisotopic (exact) mass is 376 g/mol. The van der Waals surface area contributed by atoms with Crippen molar-refractivity contribution in [2.75, 3.05) is 47.6 Å². The molecule has 3 rings (SSSR count). The zero-order valence-corrected chi connectivity index (χ0v) is 17.0. The van der Waals surface area contributed by atoms with Crippen LogP contribution in [-0.4, -0.2) is 69.3 Å². The van der Waals surface area contributed by atoms with Gasteiger partial charge in [0.2, 0.25) is 5.91 Å². The van der Waals surface area contributed by atoms with Crippen LogP contribution in [0.3, 0.4) is 0 Å². The van der Waals surface area contributed by atoms with Crippen molar-refractivity contribution in [3.63, 3.8) is 0 Å². The van der Waals surface area contributed by atoms with Crippen molar-refractivity contribution in [1.82, 2.24) is 9.80 Å². The van der Waals surface area contributed by atoms with Gasteiger partial charge in [0, 0.05) is 56.9 Å². The van der Waals surface area contributed by atoms with Crippen molar-refractivity contribution < 1.29 is 19.0 Å². The second-order valence-electron chi connectivity index (χ2n) is 7.56. The summed E-state index contributed by atoms with van der Waals surface area (Å²) >= 11 is 0. The van der Waals surface area contributed by atoms with Crippen LogP contribution in [0.25, 0.3) is 0 Å². The van der Waals surface area contributed by atoms with Crippen LogP contribution in [0, 0.1) is 12.8 Å². The number of benzene rings is 1. The Morgan fingerprint density at radius 3 is 2.67 bits per heavy atom. The molecule has 0 aliphatic carbocycles. The normalized spacial score (nSPS) is 23.3. The van der Waals surface area contributed by atoms with Crippen molar-refractivity contribution >= 4 is 5.91 Å². The van der Waals surface area contributed by atoms with Gasteiger partial charge in [0.1, 0.15) is 11.5 Å². The molecule has 2 heterocycles. The lowest BCUT2D eigenvalue weighted by molar-refractivity contribution is -0.142. The smallest absolute Gasteiger partial charge is 0.222 e. The number of piperidine rings is 2. The highest BCUT2D eigenvalue weighted by atomic mass is 16.5. The number of rotatable bonds is 7. The molecule has 150 valence electrons. The zero-order valence-electron chi connectivity index (χ0n) is 17.0. The summed E-state index contributed by atoms with van der Waals surface area (Å²) in [4.78, 5) is 16.9. The van der Waals surface area contributed by atoms with Crippen molar-refractivity contribution in [3.05, 3.63) is 23.3 Å². The van der Waals surface area contributed by atoms with E-state index in [4.69, 9.17) is 14.2 Å². The number of carbonyl (C=O) groups is 1. The van der Waals surface area contributed by atoms with Gasteiger partial charge in [-0.15, -0.1) is 0 Å². The summed E-state index contributed by atoms with van der Waals surface area (Å²) in [7, 11) is 5.10. The maximum atomic E-state index is 12.3. The number of amides is 1. The fourth-order valence-electron chi connectivity index (χ4n) is 4.65. The maximum absolute atomic E-state index is 12.3. The lowest BCUT2D eigenvalue weighted by Gasteiger charge is -2.47. The Balaban J connectivity index is 1.68. The number of fused-ring (bicyclic) bond motifs is 1. The summed E-state index contributed by atoms with van der Waals surface area (Å²) in [6.45, 7) is 6.24. The molecular weight excluding hydrogens is 344 g/mol. The van der Waals surface area contributed by atoms with Crippen LogP contribution in [0.1, 0.15) is 30.4 Å². The van der Waals surface area contributed by atoms with E-state index in [9.17, 15) is 4.79 Å². The summed E-state index contributed by atoms with van der Waals surface area (Å²) in [5.41, 5.74) is 2.23. The molecule has 0 bridgehead atoms. The molecule has 0 radical (unpaired) electrons. The van der Waals surface area contributed by atoms with Crippen LogP contribution >= 0.6 is 0 Å². The van der Waals surface area contributed by atoms with Crippen LogP contribution in [0.2, 0.25) is 0 Å². The quantitative estimate of drug-likeness (QED) is 0.732. The van der Waals surface area contributed by atoms with E-state index >= 15 is 0 Å². The van der Waals surface area contributed by atoms with Crippen LogP contribution < -0.4 is 9.47 Å². The fraction of sp³-hybridized carbons (Fsp3) is 0.667. The van der Waals surface area contributed by atoms with E-state index in [1.165, 1.54) is 5.56 Å². The number of hydrogen-bond acceptors (Lipinski definition) is 5. The van der Waals surface area contributed by atoms with Gasteiger partial charge in [0.25, 0.3) is 0 Å². The second-order valence-corrected chi connectivity index (χ2v) is 7.56. The van der Waals surface area contributed by atoms with Crippen LogP contribution in [0.5, 0.6) is 11.5 Å². The third kappa shape index (κ3) is 4.22. The molecule has 1 aromatic rings. The molecule has 0 aromatic heterocycles. The van der Waals surface area contributed by atoms with E-state index in [-0.39, 0.29) is 5.91 Å². The molecule has 2 saturated heterocycles. The van der Waals surface area contributed by atoms with Crippen molar-refractivity contribution in [1.29, 1.82) is 0 Å². The first kappa shape index (κ1) is 20.0. The third-order valence-corrected chi connectivity index (χ3v) is 6.02. The van der Waals surface area contributed by atoms with Gasteiger partial charge in [-0.25, -0.2) is 0 Å². The van der Waals surface area contributed by atoms with E-state index in [0.717, 1.165) is 49.5 Å².